The maximum absolute atomic E-state index is 11.9. The van der Waals surface area contributed by atoms with Crippen molar-refractivity contribution in [2.75, 3.05) is 12.4 Å². The molecule has 0 aliphatic heterocycles. The Balaban J connectivity index is 2.26. The van der Waals surface area contributed by atoms with Gasteiger partial charge in [-0.15, -0.1) is 0 Å². The van der Waals surface area contributed by atoms with Gasteiger partial charge < -0.3 is 20.9 Å². The highest BCUT2D eigenvalue weighted by Crippen LogP contribution is 2.30. The average molecular weight is 315 g/mol. The zero-order chi connectivity index (χ0) is 16.8. The van der Waals surface area contributed by atoms with Crippen LogP contribution in [0.25, 0.3) is 0 Å². The number of methoxy groups -OCH3 is 1. The molecule has 0 bridgehead atoms. The Labute approximate surface area is 135 Å². The number of rotatable bonds is 6. The molecule has 1 aromatic carbocycles. The van der Waals surface area contributed by atoms with Crippen LogP contribution in [0.2, 0.25) is 0 Å². The first-order valence-electron chi connectivity index (χ1n) is 7.32. The summed E-state index contributed by atoms with van der Waals surface area (Å²) >= 11 is 0. The number of nitrogens with one attached hydrogen (secondary N) is 1. The van der Waals surface area contributed by atoms with Crippen LogP contribution in [0, 0.1) is 0 Å². The van der Waals surface area contributed by atoms with Gasteiger partial charge in [0.2, 0.25) is 5.91 Å². The summed E-state index contributed by atoms with van der Waals surface area (Å²) in [5, 5.41) is 13.2. The highest BCUT2D eigenvalue weighted by atomic mass is 16.5. The third-order valence-electron chi connectivity index (χ3n) is 3.32. The van der Waals surface area contributed by atoms with Crippen molar-refractivity contribution in [3.05, 3.63) is 53.9 Å². The number of aliphatic hydroxyl groups excluding tert-OH is 1. The van der Waals surface area contributed by atoms with Crippen LogP contribution in [0.4, 0.5) is 5.69 Å². The standard InChI is InChI=1S/C17H21N3O3/c1-11(18)8-16(21)20-14-9-12(5-6-15(14)23-2)17(22)13-4-3-7-19-10-13/h3-7,9-11,17,22H,8,18H2,1-2H3,(H,20,21). The van der Waals surface area contributed by atoms with Crippen LogP contribution in [0.5, 0.6) is 5.75 Å². The van der Waals surface area contributed by atoms with Gasteiger partial charge in [0.25, 0.3) is 0 Å². The minimum Gasteiger partial charge on any atom is -0.495 e. The Morgan fingerprint density at radius 1 is 1.39 bits per heavy atom. The number of anilines is 1. The Morgan fingerprint density at radius 2 is 2.17 bits per heavy atom. The van der Waals surface area contributed by atoms with Crippen molar-refractivity contribution in [1.82, 2.24) is 4.98 Å². The fourth-order valence-electron chi connectivity index (χ4n) is 2.22. The molecule has 4 N–H and O–H groups in total. The molecule has 1 amide bonds. The monoisotopic (exact) mass is 315 g/mol. The third kappa shape index (κ3) is 4.51. The van der Waals surface area contributed by atoms with Crippen LogP contribution in [-0.2, 0) is 4.79 Å². The lowest BCUT2D eigenvalue weighted by atomic mass is 10.0. The topological polar surface area (TPSA) is 97.5 Å². The van der Waals surface area contributed by atoms with Gasteiger partial charge in [-0.2, -0.15) is 0 Å². The second-order valence-electron chi connectivity index (χ2n) is 5.38. The number of hydrogen-bond acceptors (Lipinski definition) is 5. The molecule has 0 saturated carbocycles. The smallest absolute Gasteiger partial charge is 0.226 e. The summed E-state index contributed by atoms with van der Waals surface area (Å²) in [6.45, 7) is 1.76. The molecule has 23 heavy (non-hydrogen) atoms. The van der Waals surface area contributed by atoms with E-state index in [1.807, 2.05) is 0 Å². The minimum absolute atomic E-state index is 0.202. The van der Waals surface area contributed by atoms with Crippen LogP contribution < -0.4 is 15.8 Å². The predicted molar refractivity (Wildman–Crippen MR) is 88.2 cm³/mol. The summed E-state index contributed by atoms with van der Waals surface area (Å²) in [6.07, 6.45) is 2.62. The molecule has 6 nitrogen and oxygen atoms in total. The Hall–Kier alpha value is -2.44. The lowest BCUT2D eigenvalue weighted by Gasteiger charge is -2.16. The number of hydrogen-bond donors (Lipinski definition) is 3. The number of ether oxygens (including phenoxy) is 1. The SMILES string of the molecule is COc1ccc(C(O)c2cccnc2)cc1NC(=O)CC(C)N. The predicted octanol–water partition coefficient (Wildman–Crippen LogP) is 1.85. The number of amides is 1. The van der Waals surface area contributed by atoms with Crippen LogP contribution in [0.3, 0.4) is 0 Å². The number of carbonyl (C=O) groups excluding carboxylic acids is 1. The van der Waals surface area contributed by atoms with E-state index in [4.69, 9.17) is 10.5 Å². The lowest BCUT2D eigenvalue weighted by Crippen LogP contribution is -2.24. The number of benzene rings is 1. The number of pyridine rings is 1. The van der Waals surface area contributed by atoms with Crippen LogP contribution in [-0.4, -0.2) is 29.1 Å². The second kappa shape index (κ2) is 7.71. The van der Waals surface area contributed by atoms with Gasteiger partial charge in [0, 0.05) is 30.4 Å². The van der Waals surface area contributed by atoms with Crippen molar-refractivity contribution < 1.29 is 14.6 Å². The van der Waals surface area contributed by atoms with Gasteiger partial charge >= 0.3 is 0 Å². The van der Waals surface area contributed by atoms with Gasteiger partial charge in [-0.25, -0.2) is 0 Å². The van der Waals surface area contributed by atoms with E-state index in [0.29, 0.717) is 22.6 Å². The summed E-state index contributed by atoms with van der Waals surface area (Å²) < 4.78 is 5.25. The highest BCUT2D eigenvalue weighted by molar-refractivity contribution is 5.92. The van der Waals surface area contributed by atoms with Crippen molar-refractivity contribution in [1.29, 1.82) is 0 Å². The molecule has 2 unspecified atom stereocenters. The fraction of sp³-hybridized carbons (Fsp3) is 0.294. The molecule has 0 aliphatic carbocycles. The van der Waals surface area contributed by atoms with E-state index in [0.717, 1.165) is 0 Å². The second-order valence-corrected chi connectivity index (χ2v) is 5.38. The molecule has 2 atom stereocenters. The van der Waals surface area contributed by atoms with Crippen LogP contribution >= 0.6 is 0 Å². The largest absolute Gasteiger partial charge is 0.495 e. The number of aliphatic hydroxyl groups is 1. The molecule has 1 aromatic heterocycles. The van der Waals surface area contributed by atoms with Gasteiger partial charge in [-0.05, 0) is 30.7 Å². The van der Waals surface area contributed by atoms with E-state index in [2.05, 4.69) is 10.3 Å². The zero-order valence-electron chi connectivity index (χ0n) is 13.2. The van der Waals surface area contributed by atoms with E-state index in [-0.39, 0.29) is 18.4 Å². The Kier molecular flexibility index (Phi) is 5.67. The fourth-order valence-corrected chi connectivity index (χ4v) is 2.22. The first-order valence-corrected chi connectivity index (χ1v) is 7.32. The van der Waals surface area contributed by atoms with Crippen LogP contribution in [0.15, 0.2) is 42.7 Å². The maximum atomic E-state index is 11.9. The summed E-state index contributed by atoms with van der Waals surface area (Å²) in [4.78, 5) is 15.9. The molecular weight excluding hydrogens is 294 g/mol. The summed E-state index contributed by atoms with van der Waals surface area (Å²) in [5.74, 6) is 0.316. The summed E-state index contributed by atoms with van der Waals surface area (Å²) in [5.41, 5.74) is 7.44. The molecule has 1 heterocycles. The molecule has 0 radical (unpaired) electrons. The lowest BCUT2D eigenvalue weighted by molar-refractivity contribution is -0.116. The molecule has 0 fully saturated rings. The number of carbonyl (C=O) groups is 1. The zero-order valence-corrected chi connectivity index (χ0v) is 13.2. The number of aromatic nitrogens is 1. The first kappa shape index (κ1) is 16.9. The van der Waals surface area contributed by atoms with E-state index < -0.39 is 6.10 Å². The minimum atomic E-state index is -0.835. The van der Waals surface area contributed by atoms with Gasteiger partial charge in [0.15, 0.2) is 0 Å². The third-order valence-corrected chi connectivity index (χ3v) is 3.32. The quantitative estimate of drug-likeness (QED) is 0.756. The normalized spacial score (nSPS) is 13.2. The van der Waals surface area contributed by atoms with E-state index in [1.54, 1.807) is 49.6 Å². The average Bonchev–Trinajstić information content (AvgIpc) is 2.54. The van der Waals surface area contributed by atoms with Crippen molar-refractivity contribution in [3.63, 3.8) is 0 Å². The molecule has 0 aliphatic rings. The maximum Gasteiger partial charge on any atom is 0.226 e. The molecule has 2 aromatic rings. The van der Waals surface area contributed by atoms with Gasteiger partial charge in [0.05, 0.1) is 12.8 Å². The molecular formula is C17H21N3O3. The number of nitrogens with two attached hydrogens (primary N) is 1. The Bertz CT molecular complexity index is 659. The summed E-state index contributed by atoms with van der Waals surface area (Å²) in [7, 11) is 1.52. The van der Waals surface area contributed by atoms with Gasteiger partial charge in [-0.1, -0.05) is 12.1 Å². The van der Waals surface area contributed by atoms with E-state index in [1.165, 1.54) is 7.11 Å². The number of nitrogens with zero attached hydrogens (tertiary/aromatic N) is 1. The summed E-state index contributed by atoms with van der Waals surface area (Å²) in [6, 6.07) is 8.46. The van der Waals surface area contributed by atoms with E-state index >= 15 is 0 Å². The molecule has 0 saturated heterocycles. The molecule has 6 heteroatoms. The van der Waals surface area contributed by atoms with Crippen LogP contribution in [0.1, 0.15) is 30.6 Å². The molecule has 122 valence electrons. The van der Waals surface area contributed by atoms with Crippen molar-refractivity contribution in [2.45, 2.75) is 25.5 Å². The van der Waals surface area contributed by atoms with E-state index in [9.17, 15) is 9.90 Å². The highest BCUT2D eigenvalue weighted by Gasteiger charge is 2.15. The van der Waals surface area contributed by atoms with Crippen molar-refractivity contribution in [3.8, 4) is 5.75 Å². The Morgan fingerprint density at radius 3 is 2.78 bits per heavy atom. The van der Waals surface area contributed by atoms with Crippen molar-refractivity contribution >= 4 is 11.6 Å². The molecule has 2 rings (SSSR count). The molecule has 0 spiro atoms. The van der Waals surface area contributed by atoms with Gasteiger partial charge in [-0.3, -0.25) is 9.78 Å². The van der Waals surface area contributed by atoms with Gasteiger partial charge in [0.1, 0.15) is 11.9 Å². The first-order chi connectivity index (χ1) is 11.0. The van der Waals surface area contributed by atoms with Crippen molar-refractivity contribution in [2.24, 2.45) is 5.73 Å².